The van der Waals surface area contributed by atoms with E-state index in [1.807, 2.05) is 53.4 Å². The van der Waals surface area contributed by atoms with Gasteiger partial charge in [0.2, 0.25) is 0 Å². The van der Waals surface area contributed by atoms with Crippen molar-refractivity contribution < 1.29 is 13.7 Å². The Balaban J connectivity index is 1.70. The molecule has 0 amide bonds. The molecule has 0 N–H and O–H groups in total. The fraction of sp³-hybridized carbons (Fsp3) is 0.238. The molecule has 2 aromatic heterocycles. The van der Waals surface area contributed by atoms with Crippen molar-refractivity contribution in [1.82, 2.24) is 0 Å². The van der Waals surface area contributed by atoms with Crippen molar-refractivity contribution in [2.24, 2.45) is 0 Å². The highest BCUT2D eigenvalue weighted by Crippen LogP contribution is 2.25. The van der Waals surface area contributed by atoms with E-state index in [1.165, 1.54) is 0 Å². The van der Waals surface area contributed by atoms with Crippen LogP contribution >= 0.6 is 0 Å². The number of hydrogen-bond donors (Lipinski definition) is 0. The lowest BCUT2D eigenvalue weighted by molar-refractivity contribution is -0.686. The average molecular weight is 349 g/mol. The maximum absolute atomic E-state index is 12.5. The Kier molecular flexibility index (Phi) is 4.54. The normalized spacial score (nSPS) is 14.5. The summed E-state index contributed by atoms with van der Waals surface area (Å²) in [6, 6.07) is 11.8. The molecule has 1 saturated heterocycles. The minimum Gasteiger partial charge on any atom is -0.422 e. The van der Waals surface area contributed by atoms with Crippen molar-refractivity contribution in [2.75, 3.05) is 31.2 Å². The zero-order chi connectivity index (χ0) is 17.9. The third kappa shape index (κ3) is 3.26. The van der Waals surface area contributed by atoms with Gasteiger partial charge in [-0.1, -0.05) is 6.58 Å². The Morgan fingerprint density at radius 3 is 2.62 bits per heavy atom. The van der Waals surface area contributed by atoms with Crippen molar-refractivity contribution in [3.8, 4) is 11.1 Å². The fourth-order valence-corrected chi connectivity index (χ4v) is 3.23. The summed E-state index contributed by atoms with van der Waals surface area (Å²) in [6.07, 6.45) is 5.69. The Hall–Kier alpha value is -2.92. The molecule has 3 aromatic rings. The van der Waals surface area contributed by atoms with Gasteiger partial charge >= 0.3 is 5.63 Å². The second kappa shape index (κ2) is 7.14. The first-order valence-corrected chi connectivity index (χ1v) is 8.75. The van der Waals surface area contributed by atoms with Crippen molar-refractivity contribution in [3.05, 3.63) is 71.9 Å². The van der Waals surface area contributed by atoms with Crippen LogP contribution in [0.3, 0.4) is 0 Å². The van der Waals surface area contributed by atoms with Gasteiger partial charge in [0.25, 0.3) is 0 Å². The molecule has 0 unspecified atom stereocenters. The SMILES string of the molecule is C=CC[n+]1ccc(-c2cc3ccc(N4CCOCC4)cc3oc2=O)cc1. The molecule has 0 atom stereocenters. The molecule has 0 saturated carbocycles. The molecule has 1 aromatic carbocycles. The molecule has 5 heteroatoms. The summed E-state index contributed by atoms with van der Waals surface area (Å²) in [4.78, 5) is 14.8. The van der Waals surface area contributed by atoms with E-state index in [-0.39, 0.29) is 5.63 Å². The summed E-state index contributed by atoms with van der Waals surface area (Å²) < 4.78 is 13.0. The van der Waals surface area contributed by atoms with Crippen LogP contribution in [0, 0.1) is 0 Å². The molecular formula is C21H21N2O3+. The van der Waals surface area contributed by atoms with E-state index in [0.717, 1.165) is 49.5 Å². The number of hydrogen-bond acceptors (Lipinski definition) is 4. The monoisotopic (exact) mass is 349 g/mol. The molecular weight excluding hydrogens is 328 g/mol. The maximum Gasteiger partial charge on any atom is 0.344 e. The molecule has 1 fully saturated rings. The van der Waals surface area contributed by atoms with Gasteiger partial charge < -0.3 is 14.1 Å². The Morgan fingerprint density at radius 2 is 1.88 bits per heavy atom. The van der Waals surface area contributed by atoms with E-state index in [2.05, 4.69) is 17.5 Å². The van der Waals surface area contributed by atoms with Crippen molar-refractivity contribution in [1.29, 1.82) is 0 Å². The lowest BCUT2D eigenvalue weighted by Crippen LogP contribution is -2.36. The quantitative estimate of drug-likeness (QED) is 0.413. The van der Waals surface area contributed by atoms with Gasteiger partial charge in [-0.2, -0.15) is 0 Å². The van der Waals surface area contributed by atoms with Crippen LogP contribution in [0.5, 0.6) is 0 Å². The summed E-state index contributed by atoms with van der Waals surface area (Å²) >= 11 is 0. The van der Waals surface area contributed by atoms with Gasteiger partial charge in [0.15, 0.2) is 18.9 Å². The Labute approximate surface area is 151 Å². The molecule has 0 spiro atoms. The van der Waals surface area contributed by atoms with E-state index in [4.69, 9.17) is 9.15 Å². The van der Waals surface area contributed by atoms with E-state index in [9.17, 15) is 4.79 Å². The van der Waals surface area contributed by atoms with Crippen LogP contribution in [0.25, 0.3) is 22.1 Å². The summed E-state index contributed by atoms with van der Waals surface area (Å²) in [7, 11) is 0. The van der Waals surface area contributed by atoms with Crippen LogP contribution in [0.2, 0.25) is 0 Å². The summed E-state index contributed by atoms with van der Waals surface area (Å²) in [5, 5.41) is 0.916. The highest BCUT2D eigenvalue weighted by molar-refractivity contribution is 5.84. The Morgan fingerprint density at radius 1 is 1.12 bits per heavy atom. The lowest BCUT2D eigenvalue weighted by atomic mass is 10.1. The summed E-state index contributed by atoms with van der Waals surface area (Å²) in [5.74, 6) is 0. The topological polar surface area (TPSA) is 46.6 Å². The third-order valence-electron chi connectivity index (χ3n) is 4.64. The number of pyridine rings is 1. The van der Waals surface area contributed by atoms with Crippen LogP contribution in [0.15, 0.2) is 70.7 Å². The highest BCUT2D eigenvalue weighted by atomic mass is 16.5. The maximum atomic E-state index is 12.5. The number of anilines is 1. The molecule has 132 valence electrons. The number of aromatic nitrogens is 1. The van der Waals surface area contributed by atoms with E-state index in [1.54, 1.807) is 0 Å². The largest absolute Gasteiger partial charge is 0.422 e. The molecule has 0 aliphatic carbocycles. The Bertz CT molecular complexity index is 986. The molecule has 26 heavy (non-hydrogen) atoms. The zero-order valence-corrected chi connectivity index (χ0v) is 14.6. The average Bonchev–Trinajstić information content (AvgIpc) is 2.69. The minimum absolute atomic E-state index is 0.321. The number of rotatable bonds is 4. The summed E-state index contributed by atoms with van der Waals surface area (Å²) in [5.41, 5.74) is 2.76. The molecule has 1 aliphatic heterocycles. The van der Waals surface area contributed by atoms with Crippen molar-refractivity contribution in [3.63, 3.8) is 0 Å². The molecule has 1 aliphatic rings. The van der Waals surface area contributed by atoms with Gasteiger partial charge in [0, 0.05) is 47.9 Å². The number of ether oxygens (including phenoxy) is 1. The van der Waals surface area contributed by atoms with Gasteiger partial charge in [-0.3, -0.25) is 0 Å². The van der Waals surface area contributed by atoms with E-state index in [0.29, 0.717) is 11.1 Å². The van der Waals surface area contributed by atoms with Crippen LogP contribution in [0.4, 0.5) is 5.69 Å². The molecule has 0 radical (unpaired) electrons. The van der Waals surface area contributed by atoms with Crippen LogP contribution in [0.1, 0.15) is 0 Å². The number of fused-ring (bicyclic) bond motifs is 1. The minimum atomic E-state index is -0.321. The van der Waals surface area contributed by atoms with E-state index < -0.39 is 0 Å². The van der Waals surface area contributed by atoms with Gasteiger partial charge in [-0.15, -0.1) is 0 Å². The standard InChI is InChI=1S/C21H21N2O3/c1-2-7-22-8-5-16(6-9-22)19-14-17-3-4-18(15-20(17)26-21(19)24)23-10-12-25-13-11-23/h2-6,8-9,14-15H,1,7,10-13H2/q+1. The van der Waals surface area contributed by atoms with Gasteiger partial charge in [-0.25, -0.2) is 9.36 Å². The number of benzene rings is 1. The van der Waals surface area contributed by atoms with E-state index >= 15 is 0 Å². The molecule has 0 bridgehead atoms. The second-order valence-corrected chi connectivity index (χ2v) is 6.34. The molecule has 4 rings (SSSR count). The van der Waals surface area contributed by atoms with Crippen molar-refractivity contribution in [2.45, 2.75) is 6.54 Å². The third-order valence-corrected chi connectivity index (χ3v) is 4.64. The number of morpholine rings is 1. The summed E-state index contributed by atoms with van der Waals surface area (Å²) in [6.45, 7) is 7.61. The number of nitrogens with zero attached hydrogens (tertiary/aromatic N) is 2. The van der Waals surface area contributed by atoms with Gasteiger partial charge in [0.05, 0.1) is 18.8 Å². The number of allylic oxidation sites excluding steroid dienone is 1. The fourth-order valence-electron chi connectivity index (χ4n) is 3.23. The first-order chi connectivity index (χ1) is 12.7. The lowest BCUT2D eigenvalue weighted by Gasteiger charge is -2.28. The second-order valence-electron chi connectivity index (χ2n) is 6.34. The van der Waals surface area contributed by atoms with Crippen LogP contribution < -0.4 is 15.1 Å². The first kappa shape index (κ1) is 16.5. The predicted molar refractivity (Wildman–Crippen MR) is 101 cm³/mol. The zero-order valence-electron chi connectivity index (χ0n) is 14.6. The first-order valence-electron chi connectivity index (χ1n) is 8.75. The smallest absolute Gasteiger partial charge is 0.344 e. The predicted octanol–water partition coefficient (Wildman–Crippen LogP) is 2.77. The molecule has 5 nitrogen and oxygen atoms in total. The van der Waals surface area contributed by atoms with Gasteiger partial charge in [-0.05, 0) is 24.3 Å². The van der Waals surface area contributed by atoms with Crippen LogP contribution in [-0.4, -0.2) is 26.3 Å². The van der Waals surface area contributed by atoms with Crippen LogP contribution in [-0.2, 0) is 11.3 Å². The molecule has 3 heterocycles. The van der Waals surface area contributed by atoms with Crippen molar-refractivity contribution >= 4 is 16.7 Å². The highest BCUT2D eigenvalue weighted by Gasteiger charge is 2.14. The van der Waals surface area contributed by atoms with Gasteiger partial charge in [0.1, 0.15) is 5.58 Å².